The fourth-order valence-corrected chi connectivity index (χ4v) is 2.36. The zero-order chi connectivity index (χ0) is 12.7. The maximum absolute atomic E-state index is 5.65. The van der Waals surface area contributed by atoms with E-state index in [1.807, 2.05) is 19.9 Å². The van der Waals surface area contributed by atoms with Gasteiger partial charge in [0.05, 0.1) is 5.69 Å². The van der Waals surface area contributed by atoms with E-state index in [0.717, 1.165) is 47.9 Å². The van der Waals surface area contributed by atoms with Crippen LogP contribution in [0.5, 0.6) is 0 Å². The number of aryl methyl sites for hydroxylation is 1. The molecule has 1 fully saturated rings. The second-order valence-corrected chi connectivity index (χ2v) is 4.66. The Bertz CT molecular complexity index is 586. The van der Waals surface area contributed by atoms with E-state index in [1.54, 1.807) is 4.52 Å². The zero-order valence-electron chi connectivity index (χ0n) is 10.6. The summed E-state index contributed by atoms with van der Waals surface area (Å²) in [7, 11) is 0. The van der Waals surface area contributed by atoms with Crippen LogP contribution in [-0.4, -0.2) is 21.2 Å². The number of fused-ring (bicyclic) bond motifs is 1. The number of hydrogen-bond acceptors (Lipinski definition) is 5. The van der Waals surface area contributed by atoms with Crippen molar-refractivity contribution in [2.24, 2.45) is 5.84 Å². The smallest absolute Gasteiger partial charge is 0.158 e. The molecule has 3 N–H and O–H groups in total. The predicted octanol–water partition coefficient (Wildman–Crippen LogP) is 1.48. The van der Waals surface area contributed by atoms with Crippen LogP contribution >= 0.6 is 0 Å². The molecule has 1 saturated heterocycles. The van der Waals surface area contributed by atoms with Gasteiger partial charge in [0.1, 0.15) is 11.9 Å². The first-order valence-electron chi connectivity index (χ1n) is 6.16. The van der Waals surface area contributed by atoms with E-state index in [2.05, 4.69) is 15.5 Å². The van der Waals surface area contributed by atoms with E-state index in [-0.39, 0.29) is 6.10 Å². The number of nitrogens with zero attached hydrogens (tertiary/aromatic N) is 3. The van der Waals surface area contributed by atoms with E-state index in [9.17, 15) is 0 Å². The topological polar surface area (TPSA) is 77.5 Å². The molecule has 6 heteroatoms. The second-order valence-electron chi connectivity index (χ2n) is 4.66. The molecule has 0 aromatic carbocycles. The highest BCUT2D eigenvalue weighted by Gasteiger charge is 2.22. The molecule has 0 amide bonds. The first-order chi connectivity index (χ1) is 8.70. The lowest BCUT2D eigenvalue weighted by molar-refractivity contribution is 0.108. The molecule has 1 unspecified atom stereocenters. The van der Waals surface area contributed by atoms with Crippen LogP contribution in [0.2, 0.25) is 0 Å². The van der Waals surface area contributed by atoms with Crippen LogP contribution in [-0.2, 0) is 4.74 Å². The Balaban J connectivity index is 2.16. The van der Waals surface area contributed by atoms with Crippen molar-refractivity contribution in [2.75, 3.05) is 12.0 Å². The summed E-state index contributed by atoms with van der Waals surface area (Å²) in [5.41, 5.74) is 6.40. The van der Waals surface area contributed by atoms with Crippen molar-refractivity contribution in [1.82, 2.24) is 14.6 Å². The molecular weight excluding hydrogens is 230 g/mol. The fourth-order valence-electron chi connectivity index (χ4n) is 2.36. The summed E-state index contributed by atoms with van der Waals surface area (Å²) < 4.78 is 7.40. The van der Waals surface area contributed by atoms with Crippen LogP contribution < -0.4 is 11.3 Å². The van der Waals surface area contributed by atoms with E-state index in [4.69, 9.17) is 10.6 Å². The fraction of sp³-hybridized carbons (Fsp3) is 0.500. The van der Waals surface area contributed by atoms with Gasteiger partial charge in [-0.1, -0.05) is 0 Å². The van der Waals surface area contributed by atoms with Gasteiger partial charge in [0, 0.05) is 23.9 Å². The first-order valence-corrected chi connectivity index (χ1v) is 6.16. The normalized spacial score (nSPS) is 19.6. The van der Waals surface area contributed by atoms with Crippen LogP contribution in [0.15, 0.2) is 6.07 Å². The molecule has 3 rings (SSSR count). The summed E-state index contributed by atoms with van der Waals surface area (Å²) in [5, 5.41) is 4.55. The standard InChI is InChI=1S/C12H17N5O/c1-7-8(2)14-11-6-9(10-4-3-5-18-10)16-17(11)12(7)15-13/h6,10,15H,3-5,13H2,1-2H3. The molecule has 6 nitrogen and oxygen atoms in total. The van der Waals surface area contributed by atoms with Gasteiger partial charge in [-0.3, -0.25) is 0 Å². The molecule has 0 aliphatic carbocycles. The molecule has 1 atom stereocenters. The molecule has 0 radical (unpaired) electrons. The van der Waals surface area contributed by atoms with Crippen LogP contribution in [0, 0.1) is 13.8 Å². The van der Waals surface area contributed by atoms with Gasteiger partial charge in [-0.05, 0) is 26.7 Å². The number of rotatable bonds is 2. The first kappa shape index (κ1) is 11.4. The second kappa shape index (κ2) is 4.22. The molecule has 0 spiro atoms. The third-order valence-electron chi connectivity index (χ3n) is 3.50. The minimum atomic E-state index is 0.0953. The largest absolute Gasteiger partial charge is 0.372 e. The molecular formula is C12H17N5O. The summed E-state index contributed by atoms with van der Waals surface area (Å²) in [6.45, 7) is 4.76. The molecule has 96 valence electrons. The minimum absolute atomic E-state index is 0.0953. The summed E-state index contributed by atoms with van der Waals surface area (Å²) in [5.74, 6) is 6.36. The van der Waals surface area contributed by atoms with E-state index in [0.29, 0.717) is 0 Å². The predicted molar refractivity (Wildman–Crippen MR) is 68.2 cm³/mol. The van der Waals surface area contributed by atoms with Gasteiger partial charge < -0.3 is 10.2 Å². The highest BCUT2D eigenvalue weighted by molar-refractivity contribution is 5.55. The summed E-state index contributed by atoms with van der Waals surface area (Å²) >= 11 is 0. The van der Waals surface area contributed by atoms with Crippen molar-refractivity contribution in [3.8, 4) is 0 Å². The third-order valence-corrected chi connectivity index (χ3v) is 3.50. The third kappa shape index (κ3) is 1.65. The van der Waals surface area contributed by atoms with Crippen molar-refractivity contribution < 1.29 is 4.74 Å². The number of nitrogen functional groups attached to an aromatic ring is 1. The van der Waals surface area contributed by atoms with Crippen LogP contribution in [0.25, 0.3) is 5.65 Å². The number of anilines is 1. The molecule has 2 aromatic heterocycles. The number of nitrogens with one attached hydrogen (secondary N) is 1. The lowest BCUT2D eigenvalue weighted by Gasteiger charge is -2.09. The van der Waals surface area contributed by atoms with Crippen molar-refractivity contribution in [1.29, 1.82) is 0 Å². The Hall–Kier alpha value is -1.66. The van der Waals surface area contributed by atoms with Crippen molar-refractivity contribution in [3.05, 3.63) is 23.0 Å². The SMILES string of the molecule is Cc1nc2cc(C3CCCO3)nn2c(NN)c1C. The minimum Gasteiger partial charge on any atom is -0.372 e. The summed E-state index contributed by atoms with van der Waals surface area (Å²) in [6, 6.07) is 1.98. The van der Waals surface area contributed by atoms with Gasteiger partial charge in [-0.15, -0.1) is 0 Å². The maximum Gasteiger partial charge on any atom is 0.158 e. The van der Waals surface area contributed by atoms with Gasteiger partial charge >= 0.3 is 0 Å². The Morgan fingerprint density at radius 2 is 2.33 bits per heavy atom. The molecule has 2 aromatic rings. The summed E-state index contributed by atoms with van der Waals surface area (Å²) in [4.78, 5) is 4.53. The quantitative estimate of drug-likeness (QED) is 0.621. The van der Waals surface area contributed by atoms with Crippen molar-refractivity contribution in [2.45, 2.75) is 32.8 Å². The number of hydrazine groups is 1. The Labute approximate surface area is 105 Å². The molecule has 1 aliphatic heterocycles. The number of hydrogen-bond donors (Lipinski definition) is 2. The number of nitrogens with two attached hydrogens (primary N) is 1. The van der Waals surface area contributed by atoms with Crippen LogP contribution in [0.3, 0.4) is 0 Å². The molecule has 1 aliphatic rings. The molecule has 0 bridgehead atoms. The van der Waals surface area contributed by atoms with Crippen molar-refractivity contribution >= 4 is 11.5 Å². The van der Waals surface area contributed by atoms with Gasteiger partial charge in [0.2, 0.25) is 0 Å². The molecule has 18 heavy (non-hydrogen) atoms. The van der Waals surface area contributed by atoms with Gasteiger partial charge in [-0.2, -0.15) is 9.61 Å². The monoisotopic (exact) mass is 247 g/mol. The molecule has 0 saturated carbocycles. The zero-order valence-corrected chi connectivity index (χ0v) is 10.6. The van der Waals surface area contributed by atoms with Crippen molar-refractivity contribution in [3.63, 3.8) is 0 Å². The highest BCUT2D eigenvalue weighted by Crippen LogP contribution is 2.29. The Kier molecular flexibility index (Phi) is 2.68. The number of aromatic nitrogens is 3. The van der Waals surface area contributed by atoms with E-state index >= 15 is 0 Å². The van der Waals surface area contributed by atoms with E-state index in [1.165, 1.54) is 0 Å². The lowest BCUT2D eigenvalue weighted by atomic mass is 10.2. The van der Waals surface area contributed by atoms with Gasteiger partial charge in [-0.25, -0.2) is 10.8 Å². The lowest BCUT2D eigenvalue weighted by Crippen LogP contribution is -2.15. The maximum atomic E-state index is 5.65. The average Bonchev–Trinajstić information content (AvgIpc) is 2.98. The highest BCUT2D eigenvalue weighted by atomic mass is 16.5. The van der Waals surface area contributed by atoms with Crippen LogP contribution in [0.1, 0.15) is 35.9 Å². The Morgan fingerprint density at radius 3 is 3.00 bits per heavy atom. The molecule has 3 heterocycles. The summed E-state index contributed by atoms with van der Waals surface area (Å²) in [6.07, 6.45) is 2.21. The van der Waals surface area contributed by atoms with Gasteiger partial charge in [0.25, 0.3) is 0 Å². The van der Waals surface area contributed by atoms with E-state index < -0.39 is 0 Å². The van der Waals surface area contributed by atoms with Crippen LogP contribution in [0.4, 0.5) is 5.82 Å². The number of ether oxygens (including phenoxy) is 1. The average molecular weight is 247 g/mol. The Morgan fingerprint density at radius 1 is 1.50 bits per heavy atom. The van der Waals surface area contributed by atoms with Gasteiger partial charge in [0.15, 0.2) is 5.65 Å².